The zero-order chi connectivity index (χ0) is 13.1. The van der Waals surface area contributed by atoms with E-state index in [4.69, 9.17) is 0 Å². The van der Waals surface area contributed by atoms with Crippen molar-refractivity contribution in [3.05, 3.63) is 34.1 Å². The molecule has 3 heteroatoms. The van der Waals surface area contributed by atoms with Crippen LogP contribution in [0, 0.1) is 17.7 Å². The van der Waals surface area contributed by atoms with Crippen molar-refractivity contribution in [3.8, 4) is 0 Å². The fraction of sp³-hybridized carbons (Fsp3) is 0.600. The van der Waals surface area contributed by atoms with E-state index in [0.717, 1.165) is 22.4 Å². The smallest absolute Gasteiger partial charge is 0.126 e. The van der Waals surface area contributed by atoms with Gasteiger partial charge >= 0.3 is 0 Å². The van der Waals surface area contributed by atoms with E-state index in [1.165, 1.54) is 19.3 Å². The summed E-state index contributed by atoms with van der Waals surface area (Å²) in [6.07, 6.45) is 4.51. The maximum Gasteiger partial charge on any atom is 0.126 e. The van der Waals surface area contributed by atoms with Crippen LogP contribution < -0.4 is 5.32 Å². The Morgan fingerprint density at radius 1 is 1.39 bits per heavy atom. The molecular formula is C15H21BrFN. The van der Waals surface area contributed by atoms with Gasteiger partial charge in [-0.15, -0.1) is 0 Å². The normalized spacial score (nSPS) is 28.3. The van der Waals surface area contributed by atoms with Gasteiger partial charge in [0, 0.05) is 10.5 Å². The molecule has 0 spiro atoms. The van der Waals surface area contributed by atoms with Crippen molar-refractivity contribution >= 4 is 15.9 Å². The summed E-state index contributed by atoms with van der Waals surface area (Å²) in [6.45, 7) is 2.30. The van der Waals surface area contributed by atoms with Crippen molar-refractivity contribution < 1.29 is 4.39 Å². The van der Waals surface area contributed by atoms with Crippen LogP contribution in [0.4, 0.5) is 4.39 Å². The van der Waals surface area contributed by atoms with E-state index in [2.05, 4.69) is 28.2 Å². The highest BCUT2D eigenvalue weighted by atomic mass is 79.9. The Bertz CT molecular complexity index is 407. The Labute approximate surface area is 117 Å². The molecule has 1 nitrogen and oxygen atoms in total. The molecule has 1 aromatic rings. The Balaban J connectivity index is 2.12. The van der Waals surface area contributed by atoms with E-state index in [0.29, 0.717) is 12.0 Å². The van der Waals surface area contributed by atoms with Gasteiger partial charge < -0.3 is 5.32 Å². The molecule has 1 saturated carbocycles. The molecule has 0 heterocycles. The second kappa shape index (κ2) is 6.16. The summed E-state index contributed by atoms with van der Waals surface area (Å²) in [4.78, 5) is 0. The lowest BCUT2D eigenvalue weighted by Gasteiger charge is -2.35. The highest BCUT2D eigenvalue weighted by molar-refractivity contribution is 9.10. The lowest BCUT2D eigenvalue weighted by Crippen LogP contribution is -2.39. The molecule has 1 aliphatic carbocycles. The Morgan fingerprint density at radius 2 is 2.17 bits per heavy atom. The number of halogens is 2. The quantitative estimate of drug-likeness (QED) is 0.883. The fourth-order valence-electron chi connectivity index (χ4n) is 3.09. The van der Waals surface area contributed by atoms with Crippen LogP contribution in [0.3, 0.4) is 0 Å². The molecule has 0 radical (unpaired) electrons. The molecule has 100 valence electrons. The minimum Gasteiger partial charge on any atom is -0.317 e. The molecule has 1 aliphatic rings. The van der Waals surface area contributed by atoms with Crippen molar-refractivity contribution in [1.29, 1.82) is 0 Å². The van der Waals surface area contributed by atoms with Crippen molar-refractivity contribution in [2.24, 2.45) is 11.8 Å². The van der Waals surface area contributed by atoms with Crippen LogP contribution in [0.1, 0.15) is 31.7 Å². The Morgan fingerprint density at radius 3 is 2.89 bits per heavy atom. The molecule has 0 saturated heterocycles. The zero-order valence-corrected chi connectivity index (χ0v) is 12.6. The molecule has 0 aliphatic heterocycles. The van der Waals surface area contributed by atoms with Crippen LogP contribution >= 0.6 is 15.9 Å². The van der Waals surface area contributed by atoms with Crippen molar-refractivity contribution in [2.75, 3.05) is 7.05 Å². The third-order valence-corrected chi connectivity index (χ3v) is 4.60. The summed E-state index contributed by atoms with van der Waals surface area (Å²) in [6, 6.07) is 5.76. The SMILES string of the molecule is CNC1CCC(C)CC1Cc1cc(Br)ccc1F. The lowest BCUT2D eigenvalue weighted by molar-refractivity contribution is 0.219. The summed E-state index contributed by atoms with van der Waals surface area (Å²) >= 11 is 3.42. The van der Waals surface area contributed by atoms with Gasteiger partial charge in [0.05, 0.1) is 0 Å². The van der Waals surface area contributed by atoms with Crippen LogP contribution in [-0.4, -0.2) is 13.1 Å². The number of benzene rings is 1. The maximum atomic E-state index is 13.8. The summed E-state index contributed by atoms with van der Waals surface area (Å²) in [7, 11) is 2.02. The summed E-state index contributed by atoms with van der Waals surface area (Å²) in [5.41, 5.74) is 0.837. The summed E-state index contributed by atoms with van der Waals surface area (Å²) in [5, 5.41) is 3.39. The average Bonchev–Trinajstić information content (AvgIpc) is 2.34. The first kappa shape index (κ1) is 14.0. The van der Waals surface area contributed by atoms with Crippen LogP contribution in [0.15, 0.2) is 22.7 Å². The van der Waals surface area contributed by atoms with Crippen LogP contribution in [0.25, 0.3) is 0 Å². The first-order valence-electron chi connectivity index (χ1n) is 6.71. The standard InChI is InChI=1S/C15H21BrFN/c1-10-3-6-15(18-2)12(7-10)8-11-9-13(16)4-5-14(11)17/h4-5,9-10,12,15,18H,3,6-8H2,1-2H3. The van der Waals surface area contributed by atoms with Gasteiger partial charge in [0.15, 0.2) is 0 Å². The monoisotopic (exact) mass is 313 g/mol. The molecule has 1 N–H and O–H groups in total. The first-order chi connectivity index (χ1) is 8.60. The molecule has 0 amide bonds. The first-order valence-corrected chi connectivity index (χ1v) is 7.50. The molecule has 3 unspecified atom stereocenters. The Kier molecular flexibility index (Phi) is 4.79. The van der Waals surface area contributed by atoms with Gasteiger partial charge in [0.25, 0.3) is 0 Å². The van der Waals surface area contributed by atoms with Gasteiger partial charge in [0.1, 0.15) is 5.82 Å². The van der Waals surface area contributed by atoms with Gasteiger partial charge in [-0.3, -0.25) is 0 Å². The Hall–Kier alpha value is -0.410. The van der Waals surface area contributed by atoms with E-state index in [1.807, 2.05) is 13.1 Å². The second-order valence-electron chi connectivity index (χ2n) is 5.51. The topological polar surface area (TPSA) is 12.0 Å². The third-order valence-electron chi connectivity index (χ3n) is 4.11. The van der Waals surface area contributed by atoms with Gasteiger partial charge in [0.2, 0.25) is 0 Å². The van der Waals surface area contributed by atoms with Gasteiger partial charge in [-0.05, 0) is 68.3 Å². The van der Waals surface area contributed by atoms with Gasteiger partial charge in [-0.25, -0.2) is 4.39 Å². The summed E-state index contributed by atoms with van der Waals surface area (Å²) in [5.74, 6) is 1.23. The van der Waals surface area contributed by atoms with Crippen molar-refractivity contribution in [3.63, 3.8) is 0 Å². The van der Waals surface area contributed by atoms with Crippen molar-refractivity contribution in [2.45, 2.75) is 38.6 Å². The molecule has 1 fully saturated rings. The van der Waals surface area contributed by atoms with Crippen LogP contribution in [0.5, 0.6) is 0 Å². The summed E-state index contributed by atoms with van der Waals surface area (Å²) < 4.78 is 14.8. The minimum atomic E-state index is -0.0775. The number of nitrogens with one attached hydrogen (secondary N) is 1. The van der Waals surface area contributed by atoms with E-state index >= 15 is 0 Å². The lowest BCUT2D eigenvalue weighted by atomic mass is 9.76. The second-order valence-corrected chi connectivity index (χ2v) is 6.43. The average molecular weight is 314 g/mol. The highest BCUT2D eigenvalue weighted by Crippen LogP contribution is 2.32. The molecule has 0 aromatic heterocycles. The zero-order valence-electron chi connectivity index (χ0n) is 11.0. The van der Waals surface area contributed by atoms with E-state index in [9.17, 15) is 4.39 Å². The maximum absolute atomic E-state index is 13.8. The minimum absolute atomic E-state index is 0.0775. The third kappa shape index (κ3) is 3.33. The van der Waals surface area contributed by atoms with E-state index in [1.54, 1.807) is 12.1 Å². The molecule has 1 aromatic carbocycles. The largest absolute Gasteiger partial charge is 0.317 e. The van der Waals surface area contributed by atoms with Crippen LogP contribution in [-0.2, 0) is 6.42 Å². The fourth-order valence-corrected chi connectivity index (χ4v) is 3.50. The predicted molar refractivity (Wildman–Crippen MR) is 77.2 cm³/mol. The predicted octanol–water partition coefficient (Wildman–Crippen LogP) is 4.15. The number of hydrogen-bond acceptors (Lipinski definition) is 1. The van der Waals surface area contributed by atoms with E-state index in [-0.39, 0.29) is 5.82 Å². The van der Waals surface area contributed by atoms with Gasteiger partial charge in [-0.1, -0.05) is 22.9 Å². The molecule has 18 heavy (non-hydrogen) atoms. The number of hydrogen-bond donors (Lipinski definition) is 1. The number of rotatable bonds is 3. The van der Waals surface area contributed by atoms with Crippen molar-refractivity contribution in [1.82, 2.24) is 5.32 Å². The highest BCUT2D eigenvalue weighted by Gasteiger charge is 2.28. The molecule has 2 rings (SSSR count). The van der Waals surface area contributed by atoms with Crippen LogP contribution in [0.2, 0.25) is 0 Å². The van der Waals surface area contributed by atoms with E-state index < -0.39 is 0 Å². The van der Waals surface area contributed by atoms with Gasteiger partial charge in [-0.2, -0.15) is 0 Å². The molecule has 3 atom stereocenters. The molecule has 0 bridgehead atoms. The molecular weight excluding hydrogens is 293 g/mol.